The first kappa shape index (κ1) is 18.5. The summed E-state index contributed by atoms with van der Waals surface area (Å²) in [4.78, 5) is 16.7. The molecule has 1 amide bonds. The van der Waals surface area contributed by atoms with E-state index in [0.29, 0.717) is 18.4 Å². The number of amides is 1. The number of hydrogen-bond donors (Lipinski definition) is 1. The van der Waals surface area contributed by atoms with Gasteiger partial charge in [-0.1, -0.05) is 23.7 Å². The van der Waals surface area contributed by atoms with Crippen LogP contribution in [0.25, 0.3) is 0 Å². The average Bonchev–Trinajstić information content (AvgIpc) is 3.38. The molecule has 23 heavy (non-hydrogen) atoms. The van der Waals surface area contributed by atoms with Crippen molar-refractivity contribution in [1.29, 1.82) is 0 Å². The van der Waals surface area contributed by atoms with Crippen molar-refractivity contribution < 1.29 is 4.79 Å². The number of nitrogens with zero attached hydrogens (tertiary/aromatic N) is 2. The molecule has 1 saturated carbocycles. The Morgan fingerprint density at radius 3 is 2.48 bits per heavy atom. The lowest BCUT2D eigenvalue weighted by Gasteiger charge is -2.29. The van der Waals surface area contributed by atoms with Crippen LogP contribution in [0.5, 0.6) is 0 Å². The van der Waals surface area contributed by atoms with Gasteiger partial charge in [-0.15, -0.1) is 12.4 Å². The van der Waals surface area contributed by atoms with E-state index in [1.165, 1.54) is 18.4 Å². The molecule has 1 heterocycles. The standard InChI is InChI=1S/C17H24ClN3O.ClH/c18-15-3-1-14(2-4-15)13-21(16-5-6-16)10-7-17(22)20-11-8-19-9-12-20;/h1-4,16,19H,5-13H2;1H. The number of piperazine rings is 1. The van der Waals surface area contributed by atoms with Gasteiger partial charge in [0, 0.05) is 56.8 Å². The van der Waals surface area contributed by atoms with Crippen molar-refractivity contribution in [3.05, 3.63) is 34.9 Å². The summed E-state index contributed by atoms with van der Waals surface area (Å²) >= 11 is 5.94. The lowest BCUT2D eigenvalue weighted by atomic mass is 10.2. The van der Waals surface area contributed by atoms with Crippen LogP contribution >= 0.6 is 24.0 Å². The van der Waals surface area contributed by atoms with Crippen molar-refractivity contribution in [1.82, 2.24) is 15.1 Å². The Hall–Kier alpha value is -0.810. The number of carbonyl (C=O) groups excluding carboxylic acids is 1. The molecule has 1 aromatic carbocycles. The molecule has 0 spiro atoms. The van der Waals surface area contributed by atoms with E-state index in [4.69, 9.17) is 11.6 Å². The van der Waals surface area contributed by atoms with Crippen LogP contribution in [0.3, 0.4) is 0 Å². The van der Waals surface area contributed by atoms with E-state index in [2.05, 4.69) is 22.3 Å². The van der Waals surface area contributed by atoms with Gasteiger partial charge in [-0.05, 0) is 30.5 Å². The Bertz CT molecular complexity index is 499. The third-order valence-electron chi connectivity index (χ3n) is 4.44. The van der Waals surface area contributed by atoms with E-state index in [1.54, 1.807) is 0 Å². The van der Waals surface area contributed by atoms with Gasteiger partial charge in [0.2, 0.25) is 5.91 Å². The summed E-state index contributed by atoms with van der Waals surface area (Å²) in [6, 6.07) is 8.69. The molecule has 0 unspecified atom stereocenters. The summed E-state index contributed by atoms with van der Waals surface area (Å²) in [6.45, 7) is 5.30. The maximum absolute atomic E-state index is 12.3. The molecule has 0 aromatic heterocycles. The molecule has 1 saturated heterocycles. The van der Waals surface area contributed by atoms with E-state index < -0.39 is 0 Å². The Morgan fingerprint density at radius 1 is 1.22 bits per heavy atom. The van der Waals surface area contributed by atoms with Gasteiger partial charge >= 0.3 is 0 Å². The molecular weight excluding hydrogens is 333 g/mol. The molecule has 0 radical (unpaired) electrons. The molecule has 1 aliphatic heterocycles. The number of halogens is 2. The first-order valence-corrected chi connectivity index (χ1v) is 8.57. The monoisotopic (exact) mass is 357 g/mol. The van der Waals surface area contributed by atoms with Crippen molar-refractivity contribution >= 4 is 29.9 Å². The van der Waals surface area contributed by atoms with Crippen molar-refractivity contribution in [2.75, 3.05) is 32.7 Å². The molecule has 2 aliphatic rings. The molecule has 4 nitrogen and oxygen atoms in total. The fourth-order valence-corrected chi connectivity index (χ4v) is 3.09. The zero-order chi connectivity index (χ0) is 15.4. The molecule has 128 valence electrons. The minimum atomic E-state index is 0. The maximum atomic E-state index is 12.3. The van der Waals surface area contributed by atoms with Crippen molar-refractivity contribution in [2.24, 2.45) is 0 Å². The van der Waals surface area contributed by atoms with Crippen LogP contribution < -0.4 is 5.32 Å². The van der Waals surface area contributed by atoms with Crippen molar-refractivity contribution in [3.8, 4) is 0 Å². The molecule has 0 atom stereocenters. The summed E-state index contributed by atoms with van der Waals surface area (Å²) in [5.74, 6) is 0.295. The number of benzene rings is 1. The second kappa shape index (κ2) is 8.88. The van der Waals surface area contributed by atoms with Gasteiger partial charge < -0.3 is 10.2 Å². The quantitative estimate of drug-likeness (QED) is 0.849. The molecule has 3 rings (SSSR count). The summed E-state index contributed by atoms with van der Waals surface area (Å²) in [7, 11) is 0. The van der Waals surface area contributed by atoms with Crippen LogP contribution in [0.4, 0.5) is 0 Å². The number of hydrogen-bond acceptors (Lipinski definition) is 3. The van der Waals surface area contributed by atoms with Crippen LogP contribution in [0.2, 0.25) is 5.02 Å². The van der Waals surface area contributed by atoms with Crippen molar-refractivity contribution in [2.45, 2.75) is 31.8 Å². The predicted molar refractivity (Wildman–Crippen MR) is 96.2 cm³/mol. The molecule has 6 heteroatoms. The van der Waals surface area contributed by atoms with E-state index in [-0.39, 0.29) is 12.4 Å². The zero-order valence-corrected chi connectivity index (χ0v) is 14.9. The Morgan fingerprint density at radius 2 is 1.87 bits per heavy atom. The second-order valence-corrected chi connectivity index (χ2v) is 6.65. The van der Waals surface area contributed by atoms with Crippen molar-refractivity contribution in [3.63, 3.8) is 0 Å². The Balaban J connectivity index is 0.00000192. The second-order valence-electron chi connectivity index (χ2n) is 6.21. The fraction of sp³-hybridized carbons (Fsp3) is 0.588. The molecule has 2 fully saturated rings. The van der Waals surface area contributed by atoms with E-state index >= 15 is 0 Å². The molecule has 1 aromatic rings. The number of nitrogens with one attached hydrogen (secondary N) is 1. The minimum Gasteiger partial charge on any atom is -0.340 e. The highest BCUT2D eigenvalue weighted by atomic mass is 35.5. The first-order valence-electron chi connectivity index (χ1n) is 8.19. The normalized spacial score (nSPS) is 17.9. The smallest absolute Gasteiger partial charge is 0.223 e. The van der Waals surface area contributed by atoms with Crippen LogP contribution in [-0.4, -0.2) is 54.5 Å². The summed E-state index contributed by atoms with van der Waals surface area (Å²) in [5, 5.41) is 4.06. The largest absolute Gasteiger partial charge is 0.340 e. The third kappa shape index (κ3) is 5.64. The van der Waals surface area contributed by atoms with Crippen LogP contribution in [-0.2, 0) is 11.3 Å². The van der Waals surface area contributed by atoms with Gasteiger partial charge in [0.15, 0.2) is 0 Å². The van der Waals surface area contributed by atoms with Crippen LogP contribution in [0, 0.1) is 0 Å². The van der Waals surface area contributed by atoms with Gasteiger partial charge in [-0.25, -0.2) is 0 Å². The van der Waals surface area contributed by atoms with Gasteiger partial charge in [0.05, 0.1) is 0 Å². The Kier molecular flexibility index (Phi) is 7.15. The zero-order valence-electron chi connectivity index (χ0n) is 13.3. The maximum Gasteiger partial charge on any atom is 0.223 e. The van der Waals surface area contributed by atoms with Crippen LogP contribution in [0.15, 0.2) is 24.3 Å². The highest BCUT2D eigenvalue weighted by Crippen LogP contribution is 2.28. The summed E-state index contributed by atoms with van der Waals surface area (Å²) in [5.41, 5.74) is 1.27. The third-order valence-corrected chi connectivity index (χ3v) is 4.70. The predicted octanol–water partition coefficient (Wildman–Crippen LogP) is 2.55. The van der Waals surface area contributed by atoms with E-state index in [1.807, 2.05) is 17.0 Å². The van der Waals surface area contributed by atoms with E-state index in [0.717, 1.165) is 44.3 Å². The number of carbonyl (C=O) groups is 1. The highest BCUT2D eigenvalue weighted by molar-refractivity contribution is 6.30. The van der Waals surface area contributed by atoms with Crippen LogP contribution in [0.1, 0.15) is 24.8 Å². The average molecular weight is 358 g/mol. The topological polar surface area (TPSA) is 35.6 Å². The molecule has 0 bridgehead atoms. The Labute approximate surface area is 149 Å². The minimum absolute atomic E-state index is 0. The molecule has 1 aliphatic carbocycles. The van der Waals surface area contributed by atoms with E-state index in [9.17, 15) is 4.79 Å². The fourth-order valence-electron chi connectivity index (χ4n) is 2.97. The van der Waals surface area contributed by atoms with Gasteiger partial charge in [0.25, 0.3) is 0 Å². The summed E-state index contributed by atoms with van der Waals surface area (Å²) in [6.07, 6.45) is 3.15. The summed E-state index contributed by atoms with van der Waals surface area (Å²) < 4.78 is 0. The molecular formula is C17H25Cl2N3O. The highest BCUT2D eigenvalue weighted by Gasteiger charge is 2.29. The lowest BCUT2D eigenvalue weighted by molar-refractivity contribution is -0.132. The molecule has 1 N–H and O–H groups in total. The first-order chi connectivity index (χ1) is 10.7. The van der Waals surface area contributed by atoms with Gasteiger partial charge in [0.1, 0.15) is 0 Å². The SMILES string of the molecule is Cl.O=C(CCN(Cc1ccc(Cl)cc1)C1CC1)N1CCNCC1. The lowest BCUT2D eigenvalue weighted by Crippen LogP contribution is -2.47. The number of rotatable bonds is 6. The van der Waals surface area contributed by atoms with Gasteiger partial charge in [-0.2, -0.15) is 0 Å². The van der Waals surface area contributed by atoms with Gasteiger partial charge in [-0.3, -0.25) is 9.69 Å².